The van der Waals surface area contributed by atoms with Gasteiger partial charge in [-0.05, 0) is 35.1 Å². The Labute approximate surface area is 163 Å². The van der Waals surface area contributed by atoms with Crippen LogP contribution in [0.1, 0.15) is 24.1 Å². The number of carbonyl (C=O) groups is 1. The molecule has 0 saturated heterocycles. The van der Waals surface area contributed by atoms with E-state index in [0.717, 1.165) is 23.3 Å². The average molecular weight is 401 g/mol. The highest BCUT2D eigenvalue weighted by molar-refractivity contribution is 7.91. The molecule has 3 aromatic rings. The fraction of sp³-hybridized carbons (Fsp3) is 0.150. The van der Waals surface area contributed by atoms with Gasteiger partial charge < -0.3 is 5.32 Å². The second-order valence-corrected chi connectivity index (χ2v) is 8.79. The van der Waals surface area contributed by atoms with Crippen LogP contribution in [0, 0.1) is 0 Å². The van der Waals surface area contributed by atoms with E-state index in [1.165, 1.54) is 6.07 Å². The Kier molecular flexibility index (Phi) is 6.05. The zero-order chi connectivity index (χ0) is 19.3. The molecule has 2 aromatic carbocycles. The van der Waals surface area contributed by atoms with Crippen LogP contribution in [0.3, 0.4) is 0 Å². The lowest BCUT2D eigenvalue weighted by atomic mass is 10.1. The highest BCUT2D eigenvalue weighted by Gasteiger charge is 2.28. The molecule has 140 valence electrons. The minimum Gasteiger partial charge on any atom is -0.324 e. The van der Waals surface area contributed by atoms with Crippen molar-refractivity contribution in [3.8, 4) is 0 Å². The Hall–Kier alpha value is -2.48. The number of hydrogen-bond donors (Lipinski definition) is 2. The number of amides is 1. The fourth-order valence-electron chi connectivity index (χ4n) is 2.70. The topological polar surface area (TPSA) is 75.3 Å². The molecule has 1 atom stereocenters. The van der Waals surface area contributed by atoms with Crippen molar-refractivity contribution in [1.82, 2.24) is 4.72 Å². The minimum absolute atomic E-state index is 0.171. The Morgan fingerprint density at radius 1 is 1.00 bits per heavy atom. The third-order valence-corrected chi connectivity index (χ3v) is 6.90. The Morgan fingerprint density at radius 3 is 2.37 bits per heavy atom. The molecule has 3 rings (SSSR count). The Morgan fingerprint density at radius 2 is 1.70 bits per heavy atom. The van der Waals surface area contributed by atoms with Crippen molar-refractivity contribution >= 4 is 33.0 Å². The van der Waals surface area contributed by atoms with Crippen LogP contribution in [0.15, 0.2) is 76.3 Å². The van der Waals surface area contributed by atoms with Crippen molar-refractivity contribution in [2.45, 2.75) is 23.6 Å². The molecule has 0 aliphatic heterocycles. The molecule has 27 heavy (non-hydrogen) atoms. The van der Waals surface area contributed by atoms with E-state index in [-0.39, 0.29) is 4.21 Å². The summed E-state index contributed by atoms with van der Waals surface area (Å²) in [6.45, 7) is 2.00. The molecule has 7 heteroatoms. The molecule has 0 saturated carbocycles. The van der Waals surface area contributed by atoms with Gasteiger partial charge in [0.2, 0.25) is 5.91 Å². The molecule has 1 amide bonds. The van der Waals surface area contributed by atoms with Crippen LogP contribution >= 0.6 is 11.3 Å². The van der Waals surface area contributed by atoms with Crippen LogP contribution in [0.25, 0.3) is 0 Å². The maximum absolute atomic E-state index is 13.0. The number of sulfonamides is 1. The SMILES string of the molecule is CCc1ccccc1NC(=O)C(NS(=O)(=O)c1cccs1)c1ccccc1. The molecule has 5 nitrogen and oxygen atoms in total. The largest absolute Gasteiger partial charge is 0.324 e. The molecule has 0 fully saturated rings. The average Bonchev–Trinajstić information content (AvgIpc) is 3.23. The first-order chi connectivity index (χ1) is 13.0. The van der Waals surface area contributed by atoms with Gasteiger partial charge in [0, 0.05) is 5.69 Å². The molecule has 0 aliphatic rings. The number of hydrogen-bond acceptors (Lipinski definition) is 4. The van der Waals surface area contributed by atoms with E-state index in [1.54, 1.807) is 35.7 Å². The van der Waals surface area contributed by atoms with E-state index < -0.39 is 22.0 Å². The lowest BCUT2D eigenvalue weighted by Gasteiger charge is -2.19. The highest BCUT2D eigenvalue weighted by Crippen LogP contribution is 2.23. The number of anilines is 1. The van der Waals surface area contributed by atoms with E-state index in [2.05, 4.69) is 10.0 Å². The number of thiophene rings is 1. The van der Waals surface area contributed by atoms with E-state index in [0.29, 0.717) is 11.3 Å². The van der Waals surface area contributed by atoms with Gasteiger partial charge >= 0.3 is 0 Å². The third-order valence-electron chi connectivity index (χ3n) is 4.08. The zero-order valence-electron chi connectivity index (χ0n) is 14.8. The summed E-state index contributed by atoms with van der Waals surface area (Å²) in [6, 6.07) is 18.4. The molecular weight excluding hydrogens is 380 g/mol. The first-order valence-electron chi connectivity index (χ1n) is 8.51. The van der Waals surface area contributed by atoms with Gasteiger partial charge in [-0.2, -0.15) is 4.72 Å². The van der Waals surface area contributed by atoms with Crippen LogP contribution in [-0.4, -0.2) is 14.3 Å². The van der Waals surface area contributed by atoms with Crippen LogP contribution < -0.4 is 10.0 Å². The van der Waals surface area contributed by atoms with Gasteiger partial charge in [-0.15, -0.1) is 11.3 Å². The summed E-state index contributed by atoms with van der Waals surface area (Å²) in [5.41, 5.74) is 2.24. The van der Waals surface area contributed by atoms with Gasteiger partial charge in [-0.3, -0.25) is 4.79 Å². The fourth-order valence-corrected chi connectivity index (χ4v) is 4.90. The van der Waals surface area contributed by atoms with Crippen molar-refractivity contribution in [2.24, 2.45) is 0 Å². The van der Waals surface area contributed by atoms with Crippen LogP contribution in [0.2, 0.25) is 0 Å². The maximum atomic E-state index is 13.0. The standard InChI is InChI=1S/C20H20N2O3S2/c1-2-15-9-6-7-12-17(15)21-20(23)19(16-10-4-3-5-11-16)22-27(24,25)18-13-8-14-26-18/h3-14,19,22H,2H2,1H3,(H,21,23). The zero-order valence-corrected chi connectivity index (χ0v) is 16.4. The summed E-state index contributed by atoms with van der Waals surface area (Å²) in [7, 11) is -3.81. The number of nitrogens with one attached hydrogen (secondary N) is 2. The first-order valence-corrected chi connectivity index (χ1v) is 10.9. The van der Waals surface area contributed by atoms with Gasteiger partial charge in [-0.25, -0.2) is 8.42 Å². The third kappa shape index (κ3) is 4.63. The van der Waals surface area contributed by atoms with E-state index >= 15 is 0 Å². The summed E-state index contributed by atoms with van der Waals surface area (Å²) >= 11 is 1.11. The van der Waals surface area contributed by atoms with Crippen molar-refractivity contribution in [1.29, 1.82) is 0 Å². The summed E-state index contributed by atoms with van der Waals surface area (Å²) in [4.78, 5) is 13.0. The lowest BCUT2D eigenvalue weighted by Crippen LogP contribution is -2.36. The van der Waals surface area contributed by atoms with Crippen LogP contribution in [0.5, 0.6) is 0 Å². The number of benzene rings is 2. The summed E-state index contributed by atoms with van der Waals surface area (Å²) in [6.07, 6.45) is 0.757. The van der Waals surface area contributed by atoms with Gasteiger partial charge in [0.1, 0.15) is 10.3 Å². The van der Waals surface area contributed by atoms with Crippen LogP contribution in [-0.2, 0) is 21.2 Å². The molecule has 2 N–H and O–H groups in total. The van der Waals surface area contributed by atoms with Gasteiger partial charge in [-0.1, -0.05) is 61.5 Å². The van der Waals surface area contributed by atoms with Gasteiger partial charge in [0.25, 0.3) is 10.0 Å². The molecule has 0 aliphatic carbocycles. The molecule has 0 bridgehead atoms. The summed E-state index contributed by atoms with van der Waals surface area (Å²) in [5.74, 6) is -0.428. The quantitative estimate of drug-likeness (QED) is 0.630. The van der Waals surface area contributed by atoms with Crippen molar-refractivity contribution in [2.75, 3.05) is 5.32 Å². The number of para-hydroxylation sites is 1. The van der Waals surface area contributed by atoms with Crippen molar-refractivity contribution in [3.05, 3.63) is 83.2 Å². The second kappa shape index (κ2) is 8.47. The maximum Gasteiger partial charge on any atom is 0.251 e. The Balaban J connectivity index is 1.92. The molecule has 0 radical (unpaired) electrons. The number of aryl methyl sites for hydroxylation is 1. The predicted octanol–water partition coefficient (Wildman–Crippen LogP) is 3.97. The predicted molar refractivity (Wildman–Crippen MR) is 108 cm³/mol. The summed E-state index contributed by atoms with van der Waals surface area (Å²) < 4.78 is 28.1. The monoisotopic (exact) mass is 400 g/mol. The second-order valence-electron chi connectivity index (χ2n) is 5.90. The number of rotatable bonds is 7. The molecule has 1 unspecified atom stereocenters. The summed E-state index contributed by atoms with van der Waals surface area (Å²) in [5, 5.41) is 4.55. The number of carbonyl (C=O) groups excluding carboxylic acids is 1. The molecule has 1 heterocycles. The molecular formula is C20H20N2O3S2. The van der Waals surface area contributed by atoms with E-state index in [9.17, 15) is 13.2 Å². The normalized spacial score (nSPS) is 12.5. The molecule has 1 aromatic heterocycles. The smallest absolute Gasteiger partial charge is 0.251 e. The molecule has 0 spiro atoms. The van der Waals surface area contributed by atoms with Gasteiger partial charge in [0.05, 0.1) is 0 Å². The Bertz CT molecular complexity index is 1000. The van der Waals surface area contributed by atoms with Crippen LogP contribution in [0.4, 0.5) is 5.69 Å². The van der Waals surface area contributed by atoms with Gasteiger partial charge in [0.15, 0.2) is 0 Å². The van der Waals surface area contributed by atoms with Crippen molar-refractivity contribution in [3.63, 3.8) is 0 Å². The highest BCUT2D eigenvalue weighted by atomic mass is 32.2. The first kappa shape index (κ1) is 19.3. The minimum atomic E-state index is -3.81. The van der Waals surface area contributed by atoms with E-state index in [4.69, 9.17) is 0 Å². The lowest BCUT2D eigenvalue weighted by molar-refractivity contribution is -0.117. The van der Waals surface area contributed by atoms with Crippen molar-refractivity contribution < 1.29 is 13.2 Å². The van der Waals surface area contributed by atoms with E-state index in [1.807, 2.05) is 37.3 Å².